The molecule has 0 aromatic carbocycles. The summed E-state index contributed by atoms with van der Waals surface area (Å²) in [5.74, 6) is 0.890. The van der Waals surface area contributed by atoms with Crippen molar-refractivity contribution in [2.24, 2.45) is 0 Å². The summed E-state index contributed by atoms with van der Waals surface area (Å²) >= 11 is 0. The van der Waals surface area contributed by atoms with E-state index < -0.39 is 0 Å². The largest absolute Gasteiger partial charge is 0.309 e. The van der Waals surface area contributed by atoms with Crippen LogP contribution in [0.15, 0.2) is 18.3 Å². The first-order valence-corrected chi connectivity index (χ1v) is 5.09. The molecule has 0 saturated carbocycles. The van der Waals surface area contributed by atoms with Crippen LogP contribution in [-0.4, -0.2) is 40.1 Å². The van der Waals surface area contributed by atoms with Gasteiger partial charge in [0.25, 0.3) is 0 Å². The topological polar surface area (TPSA) is 57.2 Å². The lowest BCUT2D eigenvalue weighted by atomic mass is 10.3. The summed E-state index contributed by atoms with van der Waals surface area (Å²) in [5.41, 5.74) is 1.41. The number of aromatic nitrogens is 3. The number of rotatable bonds is 3. The molecule has 2 heterocycles. The van der Waals surface area contributed by atoms with Gasteiger partial charge in [0.05, 0.1) is 5.56 Å². The van der Waals surface area contributed by atoms with Crippen LogP contribution in [0.4, 0.5) is 0 Å². The standard InChI is InChI=1S/C11H13N5/c1-15(2)6-5-11-14-13-10-4-3-9(7-12)8-16(10)11/h3-4,8H,5-6H2,1-2H3. The van der Waals surface area contributed by atoms with E-state index in [0.29, 0.717) is 5.56 Å². The molecule has 0 amide bonds. The first-order valence-electron chi connectivity index (χ1n) is 5.09. The molecule has 0 saturated heterocycles. The Kier molecular flexibility index (Phi) is 2.84. The van der Waals surface area contributed by atoms with Crippen molar-refractivity contribution >= 4 is 5.65 Å². The number of hydrogen-bond donors (Lipinski definition) is 0. The van der Waals surface area contributed by atoms with Crippen LogP contribution in [0.2, 0.25) is 0 Å². The Morgan fingerprint density at radius 1 is 1.38 bits per heavy atom. The van der Waals surface area contributed by atoms with Crippen molar-refractivity contribution in [3.05, 3.63) is 29.7 Å². The Bertz CT molecular complexity index is 535. The second kappa shape index (κ2) is 4.29. The van der Waals surface area contributed by atoms with Gasteiger partial charge in [0.1, 0.15) is 11.9 Å². The molecular weight excluding hydrogens is 202 g/mol. The lowest BCUT2D eigenvalue weighted by Gasteiger charge is -2.07. The third-order valence-corrected chi connectivity index (χ3v) is 2.38. The molecule has 0 N–H and O–H groups in total. The van der Waals surface area contributed by atoms with Crippen molar-refractivity contribution < 1.29 is 0 Å². The Morgan fingerprint density at radius 2 is 2.19 bits per heavy atom. The summed E-state index contributed by atoms with van der Waals surface area (Å²) in [6, 6.07) is 5.67. The fourth-order valence-electron chi connectivity index (χ4n) is 1.50. The van der Waals surface area contributed by atoms with Crippen LogP contribution in [0.5, 0.6) is 0 Å². The van der Waals surface area contributed by atoms with E-state index >= 15 is 0 Å². The highest BCUT2D eigenvalue weighted by Crippen LogP contribution is 2.06. The predicted molar refractivity (Wildman–Crippen MR) is 60.0 cm³/mol. The van der Waals surface area contributed by atoms with Gasteiger partial charge in [-0.1, -0.05) is 0 Å². The van der Waals surface area contributed by atoms with Crippen molar-refractivity contribution in [3.63, 3.8) is 0 Å². The van der Waals surface area contributed by atoms with Crippen molar-refractivity contribution in [2.75, 3.05) is 20.6 Å². The highest BCUT2D eigenvalue weighted by Gasteiger charge is 2.06. The van der Waals surface area contributed by atoms with Crippen LogP contribution in [0.1, 0.15) is 11.4 Å². The van der Waals surface area contributed by atoms with Gasteiger partial charge in [-0.05, 0) is 26.2 Å². The van der Waals surface area contributed by atoms with Crippen LogP contribution in [0.3, 0.4) is 0 Å². The molecule has 0 unspecified atom stereocenters. The maximum absolute atomic E-state index is 8.83. The molecule has 2 aromatic rings. The third kappa shape index (κ3) is 2.02. The summed E-state index contributed by atoms with van der Waals surface area (Å²) in [6.45, 7) is 0.914. The molecule has 0 atom stereocenters. The van der Waals surface area contributed by atoms with E-state index in [2.05, 4.69) is 21.2 Å². The van der Waals surface area contributed by atoms with E-state index in [1.165, 1.54) is 0 Å². The average molecular weight is 215 g/mol. The van der Waals surface area contributed by atoms with E-state index in [-0.39, 0.29) is 0 Å². The van der Waals surface area contributed by atoms with Gasteiger partial charge in [0.2, 0.25) is 0 Å². The van der Waals surface area contributed by atoms with Gasteiger partial charge < -0.3 is 4.90 Å². The SMILES string of the molecule is CN(C)CCc1nnc2ccc(C#N)cn12. The van der Waals surface area contributed by atoms with Gasteiger partial charge >= 0.3 is 0 Å². The zero-order chi connectivity index (χ0) is 11.5. The van der Waals surface area contributed by atoms with E-state index in [9.17, 15) is 0 Å². The van der Waals surface area contributed by atoms with Crippen LogP contribution in [0, 0.1) is 11.3 Å². The number of likely N-dealkylation sites (N-methyl/N-ethyl adjacent to an activating group) is 1. The normalized spacial score (nSPS) is 10.9. The third-order valence-electron chi connectivity index (χ3n) is 2.38. The Balaban J connectivity index is 2.35. The van der Waals surface area contributed by atoms with Gasteiger partial charge in [-0.15, -0.1) is 10.2 Å². The van der Waals surface area contributed by atoms with Gasteiger partial charge in [-0.25, -0.2) is 0 Å². The predicted octanol–water partition coefficient (Wildman–Crippen LogP) is 0.705. The molecule has 16 heavy (non-hydrogen) atoms. The van der Waals surface area contributed by atoms with Crippen LogP contribution >= 0.6 is 0 Å². The number of nitrogens with zero attached hydrogens (tertiary/aromatic N) is 5. The minimum atomic E-state index is 0.624. The molecule has 0 spiro atoms. The van der Waals surface area contributed by atoms with E-state index in [4.69, 9.17) is 5.26 Å². The van der Waals surface area contributed by atoms with Crippen molar-refractivity contribution in [2.45, 2.75) is 6.42 Å². The highest BCUT2D eigenvalue weighted by molar-refractivity contribution is 5.42. The fourth-order valence-corrected chi connectivity index (χ4v) is 1.50. The second-order valence-corrected chi connectivity index (χ2v) is 3.93. The minimum Gasteiger partial charge on any atom is -0.309 e. The Hall–Kier alpha value is -1.93. The van der Waals surface area contributed by atoms with Gasteiger partial charge in [0, 0.05) is 19.2 Å². The summed E-state index contributed by atoms with van der Waals surface area (Å²) in [5, 5.41) is 17.0. The maximum Gasteiger partial charge on any atom is 0.160 e. The van der Waals surface area contributed by atoms with Gasteiger partial charge in [-0.3, -0.25) is 4.40 Å². The monoisotopic (exact) mass is 215 g/mol. The molecule has 5 nitrogen and oxygen atoms in total. The van der Waals surface area contributed by atoms with Crippen LogP contribution in [-0.2, 0) is 6.42 Å². The summed E-state index contributed by atoms with van der Waals surface area (Å²) in [6.07, 6.45) is 2.60. The zero-order valence-corrected chi connectivity index (χ0v) is 9.38. The lowest BCUT2D eigenvalue weighted by molar-refractivity contribution is 0.409. The smallest absolute Gasteiger partial charge is 0.160 e. The molecule has 0 aliphatic carbocycles. The summed E-state index contributed by atoms with van der Waals surface area (Å²) in [7, 11) is 4.04. The molecular formula is C11H13N5. The summed E-state index contributed by atoms with van der Waals surface area (Å²) < 4.78 is 1.88. The Labute approximate surface area is 93.9 Å². The first kappa shape index (κ1) is 10.6. The molecule has 82 valence electrons. The van der Waals surface area contributed by atoms with Crippen molar-refractivity contribution in [1.82, 2.24) is 19.5 Å². The quantitative estimate of drug-likeness (QED) is 0.756. The molecule has 2 aromatic heterocycles. The summed E-state index contributed by atoms with van der Waals surface area (Å²) in [4.78, 5) is 2.09. The van der Waals surface area contributed by atoms with Crippen LogP contribution in [0.25, 0.3) is 5.65 Å². The molecule has 0 aliphatic rings. The van der Waals surface area contributed by atoms with Gasteiger partial charge in [0.15, 0.2) is 5.65 Å². The van der Waals surface area contributed by atoms with E-state index in [0.717, 1.165) is 24.4 Å². The molecule has 0 radical (unpaired) electrons. The van der Waals surface area contributed by atoms with Crippen molar-refractivity contribution in [3.8, 4) is 6.07 Å². The minimum absolute atomic E-state index is 0.624. The molecule has 0 bridgehead atoms. The van der Waals surface area contributed by atoms with Crippen molar-refractivity contribution in [1.29, 1.82) is 5.26 Å². The van der Waals surface area contributed by atoms with Crippen LogP contribution < -0.4 is 0 Å². The number of nitriles is 1. The first-order chi connectivity index (χ1) is 7.70. The van der Waals surface area contributed by atoms with E-state index in [1.54, 1.807) is 12.3 Å². The maximum atomic E-state index is 8.83. The lowest BCUT2D eigenvalue weighted by Crippen LogP contribution is -2.16. The number of hydrogen-bond acceptors (Lipinski definition) is 4. The molecule has 0 aliphatic heterocycles. The average Bonchev–Trinajstić information content (AvgIpc) is 2.68. The second-order valence-electron chi connectivity index (χ2n) is 3.93. The fraction of sp³-hybridized carbons (Fsp3) is 0.364. The Morgan fingerprint density at radius 3 is 2.88 bits per heavy atom. The highest BCUT2D eigenvalue weighted by atomic mass is 15.2. The number of fused-ring (bicyclic) bond motifs is 1. The van der Waals surface area contributed by atoms with Gasteiger partial charge in [-0.2, -0.15) is 5.26 Å². The zero-order valence-electron chi connectivity index (χ0n) is 9.38. The molecule has 5 heteroatoms. The molecule has 2 rings (SSSR count). The number of pyridine rings is 1. The van der Waals surface area contributed by atoms with E-state index in [1.807, 2.05) is 24.6 Å². The molecule has 0 fully saturated rings.